The topological polar surface area (TPSA) is 39.1 Å². The Morgan fingerprint density at radius 3 is 2.95 bits per heavy atom. The molecule has 1 unspecified atom stereocenters. The number of rotatable bonds is 7. The van der Waals surface area contributed by atoms with Crippen LogP contribution in [-0.4, -0.2) is 36.4 Å². The van der Waals surface area contributed by atoms with Crippen molar-refractivity contribution in [2.24, 2.45) is 0 Å². The van der Waals surface area contributed by atoms with Crippen LogP contribution in [0.25, 0.3) is 0 Å². The second kappa shape index (κ2) is 7.06. The molecule has 108 valence electrons. The zero-order valence-electron chi connectivity index (χ0n) is 12.5. The van der Waals surface area contributed by atoms with Crippen LogP contribution in [0.2, 0.25) is 0 Å². The first-order chi connectivity index (χ1) is 9.24. The lowest BCUT2D eigenvalue weighted by atomic mass is 10.0. The fourth-order valence-electron chi connectivity index (χ4n) is 3.03. The van der Waals surface area contributed by atoms with Crippen molar-refractivity contribution in [2.75, 3.05) is 26.8 Å². The van der Waals surface area contributed by atoms with Crippen molar-refractivity contribution in [3.8, 4) is 0 Å². The molecule has 1 aromatic heterocycles. The zero-order valence-corrected chi connectivity index (χ0v) is 12.5. The van der Waals surface area contributed by atoms with Crippen LogP contribution in [-0.2, 0) is 17.6 Å². The molecule has 4 nitrogen and oxygen atoms in total. The second-order valence-corrected chi connectivity index (χ2v) is 5.53. The summed E-state index contributed by atoms with van der Waals surface area (Å²) >= 11 is 0. The van der Waals surface area contributed by atoms with Gasteiger partial charge in [-0.15, -0.1) is 0 Å². The van der Waals surface area contributed by atoms with E-state index in [0.29, 0.717) is 6.04 Å². The van der Waals surface area contributed by atoms with Gasteiger partial charge in [0.1, 0.15) is 5.82 Å². The maximum Gasteiger partial charge on any atom is 0.106 e. The van der Waals surface area contributed by atoms with Gasteiger partial charge in [-0.1, -0.05) is 0 Å². The van der Waals surface area contributed by atoms with E-state index in [2.05, 4.69) is 23.7 Å². The summed E-state index contributed by atoms with van der Waals surface area (Å²) in [5.41, 5.74) is 2.82. The Morgan fingerprint density at radius 2 is 2.16 bits per heavy atom. The van der Waals surface area contributed by atoms with Crippen molar-refractivity contribution >= 4 is 0 Å². The van der Waals surface area contributed by atoms with Crippen molar-refractivity contribution in [1.82, 2.24) is 14.9 Å². The zero-order chi connectivity index (χ0) is 13.7. The van der Waals surface area contributed by atoms with Gasteiger partial charge < -0.3 is 14.6 Å². The molecule has 1 aromatic rings. The van der Waals surface area contributed by atoms with Crippen molar-refractivity contribution in [2.45, 2.75) is 52.0 Å². The Labute approximate surface area is 116 Å². The molecule has 0 radical (unpaired) electrons. The number of nitrogens with zero attached hydrogens (tertiary/aromatic N) is 2. The predicted octanol–water partition coefficient (Wildman–Crippen LogP) is 2.26. The van der Waals surface area contributed by atoms with E-state index in [-0.39, 0.29) is 0 Å². The Hall–Kier alpha value is -0.870. The van der Waals surface area contributed by atoms with E-state index in [1.165, 1.54) is 36.5 Å². The monoisotopic (exact) mass is 265 g/mol. The molecule has 1 aliphatic rings. The predicted molar refractivity (Wildman–Crippen MR) is 77.7 cm³/mol. The first-order valence-corrected chi connectivity index (χ1v) is 7.50. The van der Waals surface area contributed by atoms with E-state index >= 15 is 0 Å². The average molecular weight is 265 g/mol. The maximum absolute atomic E-state index is 5.06. The number of nitrogens with one attached hydrogen (secondary N) is 1. The van der Waals surface area contributed by atoms with Gasteiger partial charge >= 0.3 is 0 Å². The normalized spacial score (nSPS) is 16.4. The third-order valence-electron chi connectivity index (χ3n) is 3.93. The second-order valence-electron chi connectivity index (χ2n) is 5.53. The fourth-order valence-corrected chi connectivity index (χ4v) is 3.03. The van der Waals surface area contributed by atoms with E-state index in [9.17, 15) is 0 Å². The number of fused-ring (bicyclic) bond motifs is 1. The number of ether oxygens (including phenoxy) is 1. The number of hydrogen-bond donors (Lipinski definition) is 1. The molecule has 0 aromatic carbocycles. The molecule has 19 heavy (non-hydrogen) atoms. The summed E-state index contributed by atoms with van der Waals surface area (Å²) in [7, 11) is 1.75. The number of aromatic nitrogens is 2. The van der Waals surface area contributed by atoms with Crippen LogP contribution in [0.1, 0.15) is 49.4 Å². The summed E-state index contributed by atoms with van der Waals surface area (Å²) in [6.45, 7) is 7.29. The summed E-state index contributed by atoms with van der Waals surface area (Å²) in [5, 5.41) is 3.51. The molecule has 1 aliphatic carbocycles. The smallest absolute Gasteiger partial charge is 0.106 e. The van der Waals surface area contributed by atoms with E-state index in [1.54, 1.807) is 7.11 Å². The average Bonchev–Trinajstić information content (AvgIpc) is 2.74. The van der Waals surface area contributed by atoms with Crippen LogP contribution < -0.4 is 5.32 Å². The summed E-state index contributed by atoms with van der Waals surface area (Å²) < 4.78 is 7.50. The highest BCUT2D eigenvalue weighted by Gasteiger charge is 2.20. The quantitative estimate of drug-likeness (QED) is 0.769. The van der Waals surface area contributed by atoms with Gasteiger partial charge in [-0.3, -0.25) is 0 Å². The molecule has 0 saturated heterocycles. The summed E-state index contributed by atoms with van der Waals surface area (Å²) in [6.07, 6.45) is 6.05. The Kier molecular flexibility index (Phi) is 5.40. The third kappa shape index (κ3) is 3.57. The molecule has 1 atom stereocenters. The summed E-state index contributed by atoms with van der Waals surface area (Å²) in [5.74, 6) is 1.18. The van der Waals surface area contributed by atoms with Crippen LogP contribution in [0.3, 0.4) is 0 Å². The van der Waals surface area contributed by atoms with Gasteiger partial charge in [0.15, 0.2) is 0 Å². The molecule has 4 heteroatoms. The number of aryl methyl sites for hydroxylation is 2. The third-order valence-corrected chi connectivity index (χ3v) is 3.93. The van der Waals surface area contributed by atoms with E-state index in [4.69, 9.17) is 9.72 Å². The van der Waals surface area contributed by atoms with Gasteiger partial charge in [0.2, 0.25) is 0 Å². The van der Waals surface area contributed by atoms with Gasteiger partial charge in [0.05, 0.1) is 5.69 Å². The number of hydrogen-bond acceptors (Lipinski definition) is 3. The van der Waals surface area contributed by atoms with Crippen molar-refractivity contribution in [1.29, 1.82) is 0 Å². The van der Waals surface area contributed by atoms with Gasteiger partial charge in [-0.25, -0.2) is 4.98 Å². The van der Waals surface area contributed by atoms with Gasteiger partial charge in [-0.05, 0) is 52.5 Å². The first-order valence-electron chi connectivity index (χ1n) is 7.50. The standard InChI is InChI=1S/C15H27N3O/c1-12(11-16-9-6-10-19-3)18-13(2)17-14-7-4-5-8-15(14)18/h12,16H,4-11H2,1-3H3. The van der Waals surface area contributed by atoms with Crippen molar-refractivity contribution < 1.29 is 4.74 Å². The lowest BCUT2D eigenvalue weighted by molar-refractivity contribution is 0.194. The Morgan fingerprint density at radius 1 is 1.37 bits per heavy atom. The van der Waals surface area contributed by atoms with Crippen LogP contribution in [0.4, 0.5) is 0 Å². The van der Waals surface area contributed by atoms with E-state index in [0.717, 1.165) is 32.5 Å². The fraction of sp³-hybridized carbons (Fsp3) is 0.800. The summed E-state index contributed by atoms with van der Waals surface area (Å²) in [6, 6.07) is 0.483. The molecule has 0 bridgehead atoms. The van der Waals surface area contributed by atoms with E-state index < -0.39 is 0 Å². The molecule has 0 aliphatic heterocycles. The molecular formula is C15H27N3O. The van der Waals surface area contributed by atoms with Crippen LogP contribution in [0.5, 0.6) is 0 Å². The number of methoxy groups -OCH3 is 1. The Bertz CT molecular complexity index is 400. The van der Waals surface area contributed by atoms with Gasteiger partial charge in [-0.2, -0.15) is 0 Å². The Balaban J connectivity index is 1.91. The molecular weight excluding hydrogens is 238 g/mol. The van der Waals surface area contributed by atoms with Crippen molar-refractivity contribution in [3.05, 3.63) is 17.2 Å². The molecule has 0 fully saturated rings. The van der Waals surface area contributed by atoms with E-state index in [1.807, 2.05) is 0 Å². The van der Waals surface area contributed by atoms with Gasteiger partial charge in [0, 0.05) is 32.0 Å². The highest BCUT2D eigenvalue weighted by molar-refractivity contribution is 5.20. The van der Waals surface area contributed by atoms with Crippen molar-refractivity contribution in [3.63, 3.8) is 0 Å². The van der Waals surface area contributed by atoms with Crippen LogP contribution >= 0.6 is 0 Å². The van der Waals surface area contributed by atoms with Crippen LogP contribution in [0, 0.1) is 6.92 Å². The minimum absolute atomic E-state index is 0.483. The molecule has 0 saturated carbocycles. The highest BCUT2D eigenvalue weighted by Crippen LogP contribution is 2.25. The van der Waals surface area contributed by atoms with Gasteiger partial charge in [0.25, 0.3) is 0 Å². The largest absolute Gasteiger partial charge is 0.385 e. The lowest BCUT2D eigenvalue weighted by Crippen LogP contribution is -2.27. The lowest BCUT2D eigenvalue weighted by Gasteiger charge is -2.21. The molecule has 0 amide bonds. The minimum Gasteiger partial charge on any atom is -0.385 e. The highest BCUT2D eigenvalue weighted by atomic mass is 16.5. The molecule has 1 N–H and O–H groups in total. The summed E-state index contributed by atoms with van der Waals surface area (Å²) in [4.78, 5) is 4.75. The molecule has 0 spiro atoms. The van der Waals surface area contributed by atoms with Crippen LogP contribution in [0.15, 0.2) is 0 Å². The minimum atomic E-state index is 0.483. The number of imidazole rings is 1. The molecule has 2 rings (SSSR count). The SMILES string of the molecule is COCCCNCC(C)n1c(C)nc2c1CCCC2. The maximum atomic E-state index is 5.06. The first kappa shape index (κ1) is 14.5. The molecule has 1 heterocycles.